The zero-order valence-electron chi connectivity index (χ0n) is 14.8. The first kappa shape index (κ1) is 18.4. The Hall–Kier alpha value is -2.96. The number of anilines is 1. The fourth-order valence-electron chi connectivity index (χ4n) is 2.77. The van der Waals surface area contributed by atoms with E-state index in [9.17, 15) is 4.79 Å². The van der Waals surface area contributed by atoms with E-state index in [4.69, 9.17) is 16.1 Å². The maximum atomic E-state index is 12.4. The van der Waals surface area contributed by atoms with E-state index in [2.05, 4.69) is 15.5 Å². The van der Waals surface area contributed by atoms with Gasteiger partial charge in [-0.2, -0.15) is 4.98 Å². The number of carbonyl (C=O) groups excluding carboxylic acids is 1. The van der Waals surface area contributed by atoms with Gasteiger partial charge in [-0.25, -0.2) is 0 Å². The number of amides is 1. The summed E-state index contributed by atoms with van der Waals surface area (Å²) in [5, 5.41) is 9.62. The minimum Gasteiger partial charge on any atom is -0.339 e. The second-order valence-electron chi connectivity index (χ2n) is 6.17. The van der Waals surface area contributed by atoms with Crippen molar-refractivity contribution in [2.75, 3.05) is 5.32 Å². The molecule has 2 heterocycles. The minimum absolute atomic E-state index is 0.0976. The van der Waals surface area contributed by atoms with Crippen LogP contribution in [0.1, 0.15) is 17.0 Å². The molecule has 5 nitrogen and oxygen atoms in total. The van der Waals surface area contributed by atoms with Crippen LogP contribution in [-0.2, 0) is 17.6 Å². The largest absolute Gasteiger partial charge is 0.339 e. The Morgan fingerprint density at radius 1 is 1.07 bits per heavy atom. The quantitative estimate of drug-likeness (QED) is 0.473. The molecule has 0 aliphatic heterocycles. The van der Waals surface area contributed by atoms with E-state index in [1.54, 1.807) is 23.5 Å². The third kappa shape index (κ3) is 4.47. The van der Waals surface area contributed by atoms with Crippen molar-refractivity contribution in [3.8, 4) is 10.7 Å². The van der Waals surface area contributed by atoms with E-state index < -0.39 is 0 Å². The molecule has 0 unspecified atom stereocenters. The predicted octanol–water partition coefficient (Wildman–Crippen LogP) is 5.22. The second-order valence-corrected chi connectivity index (χ2v) is 7.56. The number of halogens is 1. The van der Waals surface area contributed by atoms with Gasteiger partial charge in [0.05, 0.1) is 17.7 Å². The Bertz CT molecular complexity index is 1080. The Kier molecular flexibility index (Phi) is 5.50. The molecule has 0 bridgehead atoms. The molecule has 2 aromatic carbocycles. The number of hydrogen-bond acceptors (Lipinski definition) is 5. The molecule has 0 saturated heterocycles. The molecule has 140 valence electrons. The Labute approximate surface area is 171 Å². The van der Waals surface area contributed by atoms with Crippen molar-refractivity contribution < 1.29 is 9.32 Å². The summed E-state index contributed by atoms with van der Waals surface area (Å²) in [7, 11) is 0. The molecule has 0 aliphatic rings. The van der Waals surface area contributed by atoms with Gasteiger partial charge in [0.1, 0.15) is 0 Å². The molecular weight excluding hydrogens is 394 g/mol. The molecular formula is C21H16ClN3O2S. The number of thiophene rings is 1. The van der Waals surface area contributed by atoms with Gasteiger partial charge in [-0.3, -0.25) is 4.79 Å². The summed E-state index contributed by atoms with van der Waals surface area (Å²) in [5.41, 5.74) is 2.54. The van der Waals surface area contributed by atoms with E-state index in [0.717, 1.165) is 21.7 Å². The van der Waals surface area contributed by atoms with Gasteiger partial charge in [0.2, 0.25) is 17.6 Å². The van der Waals surface area contributed by atoms with Crippen molar-refractivity contribution in [3.05, 3.63) is 88.1 Å². The third-order valence-electron chi connectivity index (χ3n) is 4.12. The first-order valence-corrected chi connectivity index (χ1v) is 9.92. The number of nitrogens with one attached hydrogen (secondary N) is 1. The van der Waals surface area contributed by atoms with Gasteiger partial charge in [0.15, 0.2) is 0 Å². The summed E-state index contributed by atoms with van der Waals surface area (Å²) in [6.07, 6.45) is 0.713. The van der Waals surface area contributed by atoms with Gasteiger partial charge in [-0.05, 0) is 40.8 Å². The first-order valence-electron chi connectivity index (χ1n) is 8.66. The average Bonchev–Trinajstić information content (AvgIpc) is 3.37. The van der Waals surface area contributed by atoms with Gasteiger partial charge in [-0.15, -0.1) is 11.3 Å². The molecule has 0 aliphatic carbocycles. The van der Waals surface area contributed by atoms with Crippen LogP contribution in [0.5, 0.6) is 0 Å². The zero-order valence-corrected chi connectivity index (χ0v) is 16.3. The summed E-state index contributed by atoms with van der Waals surface area (Å²) in [6, 6.07) is 18.7. The second kappa shape index (κ2) is 8.37. The van der Waals surface area contributed by atoms with Crippen molar-refractivity contribution >= 4 is 34.5 Å². The number of aromatic nitrogens is 2. The molecule has 28 heavy (non-hydrogen) atoms. The van der Waals surface area contributed by atoms with Crippen molar-refractivity contribution in [2.24, 2.45) is 0 Å². The first-order chi connectivity index (χ1) is 13.7. The standard InChI is InChI=1S/C21H16ClN3O2S/c22-16-9-7-14(8-10-16)12-19(26)23-17-5-2-1-4-15(17)13-20-24-21(25-27-20)18-6-3-11-28-18/h1-11H,12-13H2,(H,23,26). The SMILES string of the molecule is O=C(Cc1ccc(Cl)cc1)Nc1ccccc1Cc1nc(-c2cccs2)no1. The molecule has 0 fully saturated rings. The lowest BCUT2D eigenvalue weighted by Crippen LogP contribution is -2.15. The highest BCUT2D eigenvalue weighted by atomic mass is 35.5. The monoisotopic (exact) mass is 409 g/mol. The highest BCUT2D eigenvalue weighted by Gasteiger charge is 2.13. The van der Waals surface area contributed by atoms with E-state index in [1.165, 1.54) is 0 Å². The van der Waals surface area contributed by atoms with Gasteiger partial charge in [0.25, 0.3) is 0 Å². The molecule has 1 N–H and O–H groups in total. The normalized spacial score (nSPS) is 10.8. The molecule has 0 spiro atoms. The molecule has 0 saturated carbocycles. The summed E-state index contributed by atoms with van der Waals surface area (Å²) in [5.74, 6) is 0.983. The van der Waals surface area contributed by atoms with Crippen LogP contribution in [0.15, 0.2) is 70.6 Å². The van der Waals surface area contributed by atoms with E-state index in [0.29, 0.717) is 23.2 Å². The lowest BCUT2D eigenvalue weighted by molar-refractivity contribution is -0.115. The number of nitrogens with zero attached hydrogens (tertiary/aromatic N) is 2. The van der Waals surface area contributed by atoms with E-state index >= 15 is 0 Å². The molecule has 4 aromatic rings. The van der Waals surface area contributed by atoms with Gasteiger partial charge < -0.3 is 9.84 Å². The Balaban J connectivity index is 1.46. The molecule has 4 rings (SSSR count). The van der Waals surface area contributed by atoms with Crippen LogP contribution in [0.25, 0.3) is 10.7 Å². The van der Waals surface area contributed by atoms with Crippen LogP contribution in [0.4, 0.5) is 5.69 Å². The van der Waals surface area contributed by atoms with Crippen LogP contribution < -0.4 is 5.32 Å². The third-order valence-corrected chi connectivity index (χ3v) is 5.24. The highest BCUT2D eigenvalue weighted by Crippen LogP contribution is 2.24. The summed E-state index contributed by atoms with van der Waals surface area (Å²) >= 11 is 7.45. The van der Waals surface area contributed by atoms with Gasteiger partial charge in [0, 0.05) is 10.7 Å². The van der Waals surface area contributed by atoms with Crippen molar-refractivity contribution in [1.29, 1.82) is 0 Å². The molecule has 7 heteroatoms. The number of hydrogen-bond donors (Lipinski definition) is 1. The minimum atomic E-state index is -0.0976. The van der Waals surface area contributed by atoms with E-state index in [1.807, 2.05) is 53.9 Å². The fourth-order valence-corrected chi connectivity index (χ4v) is 3.55. The maximum Gasteiger partial charge on any atom is 0.231 e. The average molecular weight is 410 g/mol. The van der Waals surface area contributed by atoms with Crippen LogP contribution in [0.2, 0.25) is 5.02 Å². The molecule has 0 radical (unpaired) electrons. The van der Waals surface area contributed by atoms with E-state index in [-0.39, 0.29) is 12.3 Å². The number of benzene rings is 2. The van der Waals surface area contributed by atoms with Crippen molar-refractivity contribution in [3.63, 3.8) is 0 Å². The molecule has 0 atom stereocenters. The smallest absolute Gasteiger partial charge is 0.231 e. The van der Waals surface area contributed by atoms with Crippen molar-refractivity contribution in [2.45, 2.75) is 12.8 Å². The van der Waals surface area contributed by atoms with Crippen LogP contribution >= 0.6 is 22.9 Å². The van der Waals surface area contributed by atoms with Crippen molar-refractivity contribution in [1.82, 2.24) is 10.1 Å². The Morgan fingerprint density at radius 3 is 2.68 bits per heavy atom. The molecule has 2 aromatic heterocycles. The van der Waals surface area contributed by atoms with Crippen LogP contribution in [-0.4, -0.2) is 16.0 Å². The predicted molar refractivity (Wildman–Crippen MR) is 111 cm³/mol. The van der Waals surface area contributed by atoms with Gasteiger partial charge >= 0.3 is 0 Å². The fraction of sp³-hybridized carbons (Fsp3) is 0.0952. The lowest BCUT2D eigenvalue weighted by Gasteiger charge is -2.10. The number of para-hydroxylation sites is 1. The zero-order chi connectivity index (χ0) is 19.3. The number of rotatable bonds is 6. The molecule has 1 amide bonds. The maximum absolute atomic E-state index is 12.4. The lowest BCUT2D eigenvalue weighted by atomic mass is 10.1. The topological polar surface area (TPSA) is 68.0 Å². The van der Waals surface area contributed by atoms with Crippen LogP contribution in [0.3, 0.4) is 0 Å². The highest BCUT2D eigenvalue weighted by molar-refractivity contribution is 7.13. The summed E-state index contributed by atoms with van der Waals surface area (Å²) < 4.78 is 5.38. The summed E-state index contributed by atoms with van der Waals surface area (Å²) in [6.45, 7) is 0. The Morgan fingerprint density at radius 2 is 1.89 bits per heavy atom. The summed E-state index contributed by atoms with van der Waals surface area (Å²) in [4.78, 5) is 17.8. The van der Waals surface area contributed by atoms with Gasteiger partial charge in [-0.1, -0.05) is 53.2 Å². The number of carbonyl (C=O) groups is 1. The van der Waals surface area contributed by atoms with Crippen LogP contribution in [0, 0.1) is 0 Å².